The Morgan fingerprint density at radius 1 is 1.15 bits per heavy atom. The van der Waals surface area contributed by atoms with Crippen LogP contribution in [0.5, 0.6) is 11.5 Å². The van der Waals surface area contributed by atoms with Gasteiger partial charge in [0.25, 0.3) is 0 Å². The van der Waals surface area contributed by atoms with E-state index in [1.54, 1.807) is 42.5 Å². The number of hydrogen-bond donors (Lipinski definition) is 2. The fourth-order valence-electron chi connectivity index (χ4n) is 2.51. The van der Waals surface area contributed by atoms with Crippen LogP contribution in [0.2, 0.25) is 5.02 Å². The number of Topliss-reactive ketones (excluding diaryl/α,β-unsaturated/α-hetero) is 1. The predicted molar refractivity (Wildman–Crippen MR) is 104 cm³/mol. The second-order valence-corrected chi connectivity index (χ2v) is 6.42. The van der Waals surface area contributed by atoms with Crippen molar-refractivity contribution in [3.05, 3.63) is 53.1 Å². The molecule has 0 bridgehead atoms. The Labute approximate surface area is 163 Å². The van der Waals surface area contributed by atoms with Gasteiger partial charge in [-0.3, -0.25) is 9.59 Å². The Morgan fingerprint density at radius 3 is 2.41 bits per heavy atom. The van der Waals surface area contributed by atoms with E-state index in [1.807, 2.05) is 0 Å². The van der Waals surface area contributed by atoms with E-state index >= 15 is 0 Å². The highest BCUT2D eigenvalue weighted by molar-refractivity contribution is 6.30. The van der Waals surface area contributed by atoms with Crippen molar-refractivity contribution in [3.8, 4) is 11.5 Å². The molecule has 0 spiro atoms. The van der Waals surface area contributed by atoms with Crippen molar-refractivity contribution in [3.63, 3.8) is 0 Å². The van der Waals surface area contributed by atoms with Gasteiger partial charge in [0, 0.05) is 35.3 Å². The van der Waals surface area contributed by atoms with Crippen LogP contribution < -0.4 is 14.8 Å². The van der Waals surface area contributed by atoms with Gasteiger partial charge in [-0.25, -0.2) is 0 Å². The summed E-state index contributed by atoms with van der Waals surface area (Å²) in [6.45, 7) is 1.78. The third-order valence-electron chi connectivity index (χ3n) is 3.84. The van der Waals surface area contributed by atoms with Crippen molar-refractivity contribution in [2.24, 2.45) is 0 Å². The fourth-order valence-corrected chi connectivity index (χ4v) is 2.64. The standard InChI is InChI=1S/C20H22ClNO5/c1-13(23)20(14-5-7-15(21)8-6-14)22-16-10-17(26-2)12-18(11-16)27-9-3-4-19(24)25/h5-8,10-12,20,22H,3-4,9H2,1-2H3,(H,24,25). The average molecular weight is 392 g/mol. The Balaban J connectivity index is 2.17. The van der Waals surface area contributed by atoms with Crippen molar-refractivity contribution in [1.29, 1.82) is 0 Å². The summed E-state index contributed by atoms with van der Waals surface area (Å²) >= 11 is 5.92. The second kappa shape index (κ2) is 9.83. The summed E-state index contributed by atoms with van der Waals surface area (Å²) in [7, 11) is 1.54. The van der Waals surface area contributed by atoms with E-state index in [9.17, 15) is 9.59 Å². The summed E-state index contributed by atoms with van der Waals surface area (Å²) in [6.07, 6.45) is 0.439. The van der Waals surface area contributed by atoms with E-state index < -0.39 is 12.0 Å². The summed E-state index contributed by atoms with van der Waals surface area (Å²) in [5.41, 5.74) is 1.44. The van der Waals surface area contributed by atoms with Crippen molar-refractivity contribution < 1.29 is 24.2 Å². The smallest absolute Gasteiger partial charge is 0.303 e. The highest BCUT2D eigenvalue weighted by atomic mass is 35.5. The van der Waals surface area contributed by atoms with Gasteiger partial charge in [-0.05, 0) is 31.0 Å². The molecule has 0 saturated carbocycles. The molecule has 1 atom stereocenters. The highest BCUT2D eigenvalue weighted by Gasteiger charge is 2.17. The monoisotopic (exact) mass is 391 g/mol. The number of aliphatic carboxylic acids is 1. The number of carbonyl (C=O) groups excluding carboxylic acids is 1. The summed E-state index contributed by atoms with van der Waals surface area (Å²) < 4.78 is 10.9. The van der Waals surface area contributed by atoms with Gasteiger partial charge in [-0.1, -0.05) is 23.7 Å². The SMILES string of the molecule is COc1cc(NC(C(C)=O)c2ccc(Cl)cc2)cc(OCCCC(=O)O)c1. The molecule has 0 aliphatic carbocycles. The van der Waals surface area contributed by atoms with Crippen LogP contribution in [0.1, 0.15) is 31.4 Å². The van der Waals surface area contributed by atoms with Crippen LogP contribution in [0.15, 0.2) is 42.5 Å². The minimum atomic E-state index is -0.862. The Kier molecular flexibility index (Phi) is 7.49. The maximum absolute atomic E-state index is 12.1. The number of anilines is 1. The molecule has 7 heteroatoms. The number of carboxylic acid groups (broad SMARTS) is 1. The van der Waals surface area contributed by atoms with Crippen LogP contribution in [0, 0.1) is 0 Å². The van der Waals surface area contributed by atoms with Crippen LogP contribution in [-0.2, 0) is 9.59 Å². The number of nitrogens with one attached hydrogen (secondary N) is 1. The van der Waals surface area contributed by atoms with Crippen molar-refractivity contribution in [2.45, 2.75) is 25.8 Å². The molecule has 2 aromatic rings. The zero-order valence-corrected chi connectivity index (χ0v) is 16.0. The maximum atomic E-state index is 12.1. The summed E-state index contributed by atoms with van der Waals surface area (Å²) in [5, 5.41) is 12.5. The van der Waals surface area contributed by atoms with Gasteiger partial charge in [0.1, 0.15) is 17.5 Å². The zero-order chi connectivity index (χ0) is 19.8. The first-order chi connectivity index (χ1) is 12.9. The molecule has 1 unspecified atom stereocenters. The molecule has 2 aromatic carbocycles. The number of methoxy groups -OCH3 is 1. The van der Waals surface area contributed by atoms with Crippen molar-refractivity contribution in [2.75, 3.05) is 19.0 Å². The lowest BCUT2D eigenvalue weighted by Crippen LogP contribution is -2.18. The molecule has 0 heterocycles. The lowest BCUT2D eigenvalue weighted by molar-refractivity contribution is -0.137. The number of carbonyl (C=O) groups is 2. The van der Waals surface area contributed by atoms with Crippen molar-refractivity contribution >= 4 is 29.0 Å². The van der Waals surface area contributed by atoms with Gasteiger partial charge in [-0.15, -0.1) is 0 Å². The Bertz CT molecular complexity index is 791. The topological polar surface area (TPSA) is 84.9 Å². The fraction of sp³-hybridized carbons (Fsp3) is 0.300. The van der Waals surface area contributed by atoms with Gasteiger partial charge in [-0.2, -0.15) is 0 Å². The maximum Gasteiger partial charge on any atom is 0.303 e. The quantitative estimate of drug-likeness (QED) is 0.586. The molecule has 27 heavy (non-hydrogen) atoms. The summed E-state index contributed by atoms with van der Waals surface area (Å²) in [6, 6.07) is 11.7. The molecule has 0 saturated heterocycles. The van der Waals surface area contributed by atoms with E-state index in [0.29, 0.717) is 28.6 Å². The van der Waals surface area contributed by atoms with E-state index in [1.165, 1.54) is 14.0 Å². The van der Waals surface area contributed by atoms with Crippen LogP contribution in [0.4, 0.5) is 5.69 Å². The summed E-state index contributed by atoms with van der Waals surface area (Å²) in [4.78, 5) is 22.7. The molecule has 0 radical (unpaired) electrons. The molecule has 6 nitrogen and oxygen atoms in total. The largest absolute Gasteiger partial charge is 0.497 e. The number of benzene rings is 2. The molecule has 144 valence electrons. The van der Waals surface area contributed by atoms with Crippen LogP contribution in [0.25, 0.3) is 0 Å². The van der Waals surface area contributed by atoms with Crippen LogP contribution in [-0.4, -0.2) is 30.6 Å². The number of ketones is 1. The summed E-state index contributed by atoms with van der Waals surface area (Å²) in [5.74, 6) is 0.176. The first kappa shape index (κ1) is 20.6. The Hall–Kier alpha value is -2.73. The minimum absolute atomic E-state index is 0.0397. The lowest BCUT2D eigenvalue weighted by atomic mass is 10.0. The number of carboxylic acids is 1. The van der Waals surface area contributed by atoms with E-state index in [2.05, 4.69) is 5.32 Å². The van der Waals surface area contributed by atoms with Gasteiger partial charge in [0.2, 0.25) is 0 Å². The first-order valence-corrected chi connectivity index (χ1v) is 8.83. The molecule has 0 aliphatic rings. The molecule has 0 aromatic heterocycles. The number of rotatable bonds is 10. The first-order valence-electron chi connectivity index (χ1n) is 8.45. The van der Waals surface area contributed by atoms with Gasteiger partial charge < -0.3 is 19.9 Å². The molecular weight excluding hydrogens is 370 g/mol. The van der Waals surface area contributed by atoms with Crippen LogP contribution >= 0.6 is 11.6 Å². The van der Waals surface area contributed by atoms with E-state index in [4.69, 9.17) is 26.2 Å². The Morgan fingerprint density at radius 2 is 1.81 bits per heavy atom. The third kappa shape index (κ3) is 6.49. The molecular formula is C20H22ClNO5. The predicted octanol–water partition coefficient (Wildman–Crippen LogP) is 4.33. The second-order valence-electron chi connectivity index (χ2n) is 5.98. The van der Waals surface area contributed by atoms with Gasteiger partial charge in [0.15, 0.2) is 5.78 Å². The van der Waals surface area contributed by atoms with E-state index in [0.717, 1.165) is 5.56 Å². The molecule has 0 amide bonds. The normalized spacial score (nSPS) is 11.5. The molecule has 0 aliphatic heterocycles. The minimum Gasteiger partial charge on any atom is -0.497 e. The number of halogens is 1. The highest BCUT2D eigenvalue weighted by Crippen LogP contribution is 2.29. The zero-order valence-electron chi connectivity index (χ0n) is 15.2. The van der Waals surface area contributed by atoms with Gasteiger partial charge >= 0.3 is 5.97 Å². The molecule has 2 N–H and O–H groups in total. The average Bonchev–Trinajstić information content (AvgIpc) is 2.63. The van der Waals surface area contributed by atoms with Gasteiger partial charge in [0.05, 0.1) is 13.7 Å². The molecule has 2 rings (SSSR count). The van der Waals surface area contributed by atoms with E-state index in [-0.39, 0.29) is 18.8 Å². The molecule has 0 fully saturated rings. The van der Waals surface area contributed by atoms with Crippen LogP contribution in [0.3, 0.4) is 0 Å². The van der Waals surface area contributed by atoms with Crippen molar-refractivity contribution in [1.82, 2.24) is 0 Å². The third-order valence-corrected chi connectivity index (χ3v) is 4.09. The number of hydrogen-bond acceptors (Lipinski definition) is 5. The number of ether oxygens (including phenoxy) is 2. The lowest BCUT2D eigenvalue weighted by Gasteiger charge is -2.19.